The lowest BCUT2D eigenvalue weighted by Gasteiger charge is -2.19. The van der Waals surface area contributed by atoms with E-state index in [1.807, 2.05) is 66.5 Å². The van der Waals surface area contributed by atoms with Crippen molar-refractivity contribution in [1.29, 1.82) is 5.26 Å². The van der Waals surface area contributed by atoms with Gasteiger partial charge in [-0.15, -0.1) is 0 Å². The summed E-state index contributed by atoms with van der Waals surface area (Å²) < 4.78 is 5.79. The number of para-hydroxylation sites is 2. The van der Waals surface area contributed by atoms with Gasteiger partial charge in [0.15, 0.2) is 0 Å². The summed E-state index contributed by atoms with van der Waals surface area (Å²) in [6.45, 7) is 0.555. The van der Waals surface area contributed by atoms with Crippen LogP contribution >= 0.6 is 0 Å². The molecular formula is C23H21N3O2. The summed E-state index contributed by atoms with van der Waals surface area (Å²) in [5, 5.41) is 11.9. The highest BCUT2D eigenvalue weighted by molar-refractivity contribution is 5.92. The summed E-state index contributed by atoms with van der Waals surface area (Å²) in [6.07, 6.45) is 0.318. The van der Waals surface area contributed by atoms with E-state index >= 15 is 0 Å². The van der Waals surface area contributed by atoms with E-state index in [1.54, 1.807) is 24.3 Å². The smallest absolute Gasteiger partial charge is 0.226 e. The molecule has 3 aromatic rings. The van der Waals surface area contributed by atoms with Crippen LogP contribution in [0.15, 0.2) is 78.9 Å². The Balaban J connectivity index is 1.52. The van der Waals surface area contributed by atoms with Gasteiger partial charge in [0.25, 0.3) is 0 Å². The first-order valence-electron chi connectivity index (χ1n) is 8.99. The highest BCUT2D eigenvalue weighted by Gasteiger charge is 2.09. The maximum atomic E-state index is 12.2. The van der Waals surface area contributed by atoms with E-state index in [4.69, 9.17) is 10.00 Å². The zero-order valence-electron chi connectivity index (χ0n) is 15.6. The van der Waals surface area contributed by atoms with Crippen molar-refractivity contribution < 1.29 is 9.53 Å². The predicted molar refractivity (Wildman–Crippen MR) is 111 cm³/mol. The molecule has 0 aromatic heterocycles. The first-order chi connectivity index (χ1) is 13.7. The van der Waals surface area contributed by atoms with Gasteiger partial charge in [0, 0.05) is 25.7 Å². The largest absolute Gasteiger partial charge is 0.457 e. The Hall–Kier alpha value is -3.78. The van der Waals surface area contributed by atoms with Crippen LogP contribution in [0.1, 0.15) is 12.0 Å². The Morgan fingerprint density at radius 3 is 2.32 bits per heavy atom. The van der Waals surface area contributed by atoms with Crippen LogP contribution in [0.3, 0.4) is 0 Å². The predicted octanol–water partition coefficient (Wildman–Crippen LogP) is 4.82. The number of nitrogens with zero attached hydrogens (tertiary/aromatic N) is 2. The minimum absolute atomic E-state index is 0.126. The quantitative estimate of drug-likeness (QED) is 0.647. The second-order valence-electron chi connectivity index (χ2n) is 6.29. The third kappa shape index (κ3) is 5.12. The number of amides is 1. The van der Waals surface area contributed by atoms with Crippen LogP contribution in [0, 0.1) is 11.3 Å². The van der Waals surface area contributed by atoms with Crippen LogP contribution in [0.25, 0.3) is 0 Å². The molecule has 0 spiro atoms. The molecule has 1 amide bonds. The highest BCUT2D eigenvalue weighted by atomic mass is 16.5. The van der Waals surface area contributed by atoms with Gasteiger partial charge in [-0.05, 0) is 48.5 Å². The van der Waals surface area contributed by atoms with Crippen molar-refractivity contribution in [2.45, 2.75) is 6.42 Å². The van der Waals surface area contributed by atoms with E-state index in [9.17, 15) is 4.79 Å². The number of benzene rings is 3. The molecule has 1 N–H and O–H groups in total. The molecule has 0 bridgehead atoms. The van der Waals surface area contributed by atoms with Crippen LogP contribution in [0.5, 0.6) is 11.5 Å². The van der Waals surface area contributed by atoms with Crippen molar-refractivity contribution in [3.8, 4) is 17.6 Å². The fourth-order valence-corrected chi connectivity index (χ4v) is 2.69. The van der Waals surface area contributed by atoms with Crippen LogP contribution < -0.4 is 15.0 Å². The number of hydrogen-bond acceptors (Lipinski definition) is 4. The Labute approximate surface area is 164 Å². The first kappa shape index (κ1) is 19.0. The van der Waals surface area contributed by atoms with Crippen molar-refractivity contribution in [2.75, 3.05) is 23.8 Å². The highest BCUT2D eigenvalue weighted by Crippen LogP contribution is 2.24. The van der Waals surface area contributed by atoms with E-state index in [0.717, 1.165) is 17.2 Å². The fourth-order valence-electron chi connectivity index (χ4n) is 2.69. The van der Waals surface area contributed by atoms with Crippen molar-refractivity contribution >= 4 is 17.3 Å². The lowest BCUT2D eigenvalue weighted by atomic mass is 10.2. The van der Waals surface area contributed by atoms with E-state index in [2.05, 4.69) is 11.4 Å². The molecule has 0 aliphatic rings. The molecule has 0 radical (unpaired) electrons. The van der Waals surface area contributed by atoms with Gasteiger partial charge in [0.05, 0.1) is 11.3 Å². The van der Waals surface area contributed by atoms with Gasteiger partial charge in [-0.1, -0.05) is 30.3 Å². The third-order valence-corrected chi connectivity index (χ3v) is 4.25. The molecule has 5 heteroatoms. The third-order valence-electron chi connectivity index (χ3n) is 4.25. The van der Waals surface area contributed by atoms with E-state index in [0.29, 0.717) is 24.2 Å². The summed E-state index contributed by atoms with van der Waals surface area (Å²) in [4.78, 5) is 14.2. The van der Waals surface area contributed by atoms with Gasteiger partial charge in [0.2, 0.25) is 5.91 Å². The van der Waals surface area contributed by atoms with Gasteiger partial charge < -0.3 is 15.0 Å². The Morgan fingerprint density at radius 1 is 0.964 bits per heavy atom. The van der Waals surface area contributed by atoms with Crippen LogP contribution in [0.2, 0.25) is 0 Å². The Bertz CT molecular complexity index is 963. The number of hydrogen-bond donors (Lipinski definition) is 1. The van der Waals surface area contributed by atoms with Crippen LogP contribution in [0.4, 0.5) is 11.4 Å². The van der Waals surface area contributed by atoms with Gasteiger partial charge in [-0.25, -0.2) is 0 Å². The summed E-state index contributed by atoms with van der Waals surface area (Å²) >= 11 is 0. The number of nitriles is 1. The second-order valence-corrected chi connectivity index (χ2v) is 6.29. The van der Waals surface area contributed by atoms with Crippen molar-refractivity contribution in [3.63, 3.8) is 0 Å². The number of carbonyl (C=O) groups is 1. The standard InChI is InChI=1S/C23H21N3O2/c1-26(16-15-23(27)25-22-10-6-5-7-18(22)17-24)19-11-13-21(14-12-19)28-20-8-3-2-4-9-20/h2-14H,15-16H2,1H3,(H,25,27). The van der Waals surface area contributed by atoms with Gasteiger partial charge in [-0.2, -0.15) is 5.26 Å². The molecule has 0 saturated carbocycles. The van der Waals surface area contributed by atoms with Gasteiger partial charge >= 0.3 is 0 Å². The summed E-state index contributed by atoms with van der Waals surface area (Å²) in [7, 11) is 1.93. The zero-order valence-corrected chi connectivity index (χ0v) is 15.6. The van der Waals surface area contributed by atoms with Crippen molar-refractivity contribution in [2.24, 2.45) is 0 Å². The normalized spacial score (nSPS) is 10.0. The second kappa shape index (κ2) is 9.24. The van der Waals surface area contributed by atoms with Crippen LogP contribution in [-0.4, -0.2) is 19.5 Å². The fraction of sp³-hybridized carbons (Fsp3) is 0.130. The number of ether oxygens (including phenoxy) is 1. The molecule has 140 valence electrons. The number of nitrogens with one attached hydrogen (secondary N) is 1. The average molecular weight is 371 g/mol. The average Bonchev–Trinajstić information content (AvgIpc) is 2.74. The number of anilines is 2. The lowest BCUT2D eigenvalue weighted by molar-refractivity contribution is -0.116. The van der Waals surface area contributed by atoms with Gasteiger partial charge in [-0.3, -0.25) is 4.79 Å². The molecule has 28 heavy (non-hydrogen) atoms. The minimum atomic E-state index is -0.126. The monoisotopic (exact) mass is 371 g/mol. The molecule has 3 aromatic carbocycles. The van der Waals surface area contributed by atoms with Crippen LogP contribution in [-0.2, 0) is 4.79 Å². The SMILES string of the molecule is CN(CCC(=O)Nc1ccccc1C#N)c1ccc(Oc2ccccc2)cc1. The topological polar surface area (TPSA) is 65.4 Å². The first-order valence-corrected chi connectivity index (χ1v) is 8.99. The molecule has 0 unspecified atom stereocenters. The van der Waals surface area contributed by atoms with Crippen molar-refractivity contribution in [1.82, 2.24) is 0 Å². The molecule has 0 heterocycles. The Kier molecular flexibility index (Phi) is 6.27. The van der Waals surface area contributed by atoms with E-state index < -0.39 is 0 Å². The molecule has 0 aliphatic heterocycles. The molecule has 3 rings (SSSR count). The van der Waals surface area contributed by atoms with Crippen molar-refractivity contribution in [3.05, 3.63) is 84.4 Å². The summed E-state index contributed by atoms with van der Waals surface area (Å²) in [5.41, 5.74) is 1.99. The number of rotatable bonds is 7. The maximum Gasteiger partial charge on any atom is 0.226 e. The Morgan fingerprint density at radius 2 is 1.61 bits per heavy atom. The van der Waals surface area contributed by atoms with E-state index in [-0.39, 0.29) is 5.91 Å². The molecule has 0 atom stereocenters. The molecule has 0 saturated heterocycles. The lowest BCUT2D eigenvalue weighted by Crippen LogP contribution is -2.24. The number of carbonyl (C=O) groups excluding carboxylic acids is 1. The minimum Gasteiger partial charge on any atom is -0.457 e. The maximum absolute atomic E-state index is 12.2. The molecule has 5 nitrogen and oxygen atoms in total. The van der Waals surface area contributed by atoms with E-state index in [1.165, 1.54) is 0 Å². The summed E-state index contributed by atoms with van der Waals surface area (Å²) in [5.74, 6) is 1.42. The molecular weight excluding hydrogens is 350 g/mol. The summed E-state index contributed by atoms with van der Waals surface area (Å²) in [6, 6.07) is 26.4. The molecule has 0 fully saturated rings. The van der Waals surface area contributed by atoms with Gasteiger partial charge in [0.1, 0.15) is 17.6 Å². The molecule has 0 aliphatic carbocycles. The zero-order chi connectivity index (χ0) is 19.8.